The second-order valence-corrected chi connectivity index (χ2v) is 7.65. The number of nitrogens with one attached hydrogen (secondary N) is 1. The number of fused-ring (bicyclic) bond motifs is 2. The van der Waals surface area contributed by atoms with Gasteiger partial charge in [-0.3, -0.25) is 4.90 Å². The second kappa shape index (κ2) is 4.79. The minimum atomic E-state index is -3.45. The van der Waals surface area contributed by atoms with E-state index in [0.29, 0.717) is 35.1 Å². The normalized spacial score (nSPS) is 24.5. The van der Waals surface area contributed by atoms with Crippen molar-refractivity contribution in [2.24, 2.45) is 0 Å². The van der Waals surface area contributed by atoms with Crippen LogP contribution in [0.4, 0.5) is 0 Å². The molecule has 1 N–H and O–H groups in total. The molecule has 0 spiro atoms. The van der Waals surface area contributed by atoms with Gasteiger partial charge in [-0.1, -0.05) is 0 Å². The predicted molar refractivity (Wildman–Crippen MR) is 79.4 cm³/mol. The quantitative estimate of drug-likeness (QED) is 0.900. The molecule has 0 aliphatic carbocycles. The lowest BCUT2D eigenvalue weighted by Gasteiger charge is -2.36. The molecule has 0 radical (unpaired) electrons. The highest BCUT2D eigenvalue weighted by molar-refractivity contribution is 7.89. The number of pyridine rings is 1. The lowest BCUT2D eigenvalue weighted by Crippen LogP contribution is -2.51. The number of hydrogen-bond acceptors (Lipinski definition) is 4. The lowest BCUT2D eigenvalue weighted by atomic mass is 10.2. The van der Waals surface area contributed by atoms with E-state index in [1.54, 1.807) is 28.8 Å². The Kier molecular flexibility index (Phi) is 3.02. The third-order valence-electron chi connectivity index (χ3n) is 4.58. The predicted octanol–water partition coefficient (Wildman–Crippen LogP) is 1.03. The van der Waals surface area contributed by atoms with E-state index in [1.807, 2.05) is 0 Å². The van der Waals surface area contributed by atoms with Crippen molar-refractivity contribution in [1.29, 1.82) is 0 Å². The summed E-state index contributed by atoms with van der Waals surface area (Å²) in [5.74, 6) is 0. The zero-order chi connectivity index (χ0) is 14.4. The van der Waals surface area contributed by atoms with Crippen molar-refractivity contribution in [3.63, 3.8) is 0 Å². The molecule has 7 heteroatoms. The molecular weight excluding hydrogens is 288 g/mol. The van der Waals surface area contributed by atoms with Crippen LogP contribution in [-0.4, -0.2) is 59.8 Å². The zero-order valence-corrected chi connectivity index (χ0v) is 12.5. The largest absolute Gasteiger partial charge is 0.345 e. The number of piperazine rings is 1. The lowest BCUT2D eigenvalue weighted by molar-refractivity contribution is 0.158. The molecular formula is C14H18N4O2S. The number of hydrogen-bond donors (Lipinski definition) is 1. The average molecular weight is 306 g/mol. The smallest absolute Gasteiger partial charge is 0.245 e. The molecule has 21 heavy (non-hydrogen) atoms. The summed E-state index contributed by atoms with van der Waals surface area (Å²) in [6.07, 6.45) is 5.50. The summed E-state index contributed by atoms with van der Waals surface area (Å²) in [5, 5.41) is 0.673. The Morgan fingerprint density at radius 3 is 3.10 bits per heavy atom. The molecule has 4 heterocycles. The molecule has 2 aliphatic rings. The number of sulfonamides is 1. The number of aromatic amines is 1. The first-order valence-corrected chi connectivity index (χ1v) is 8.76. The van der Waals surface area contributed by atoms with Gasteiger partial charge in [-0.05, 0) is 31.5 Å². The molecule has 2 aromatic heterocycles. The minimum absolute atomic E-state index is 0.344. The fourth-order valence-corrected chi connectivity index (χ4v) is 5.08. The number of nitrogens with zero attached hydrogens (tertiary/aromatic N) is 3. The van der Waals surface area contributed by atoms with Crippen LogP contribution in [0.2, 0.25) is 0 Å². The minimum Gasteiger partial charge on any atom is -0.345 e. The number of aromatic nitrogens is 2. The van der Waals surface area contributed by atoms with E-state index in [2.05, 4.69) is 14.9 Å². The first kappa shape index (κ1) is 13.2. The third-order valence-corrected chi connectivity index (χ3v) is 6.49. The van der Waals surface area contributed by atoms with Crippen LogP contribution < -0.4 is 0 Å². The van der Waals surface area contributed by atoms with E-state index in [9.17, 15) is 8.42 Å². The van der Waals surface area contributed by atoms with Crippen molar-refractivity contribution in [3.8, 4) is 0 Å². The van der Waals surface area contributed by atoms with Gasteiger partial charge in [0.2, 0.25) is 10.0 Å². The van der Waals surface area contributed by atoms with Crippen LogP contribution in [0.5, 0.6) is 0 Å². The van der Waals surface area contributed by atoms with Gasteiger partial charge in [0.15, 0.2) is 0 Å². The molecule has 0 saturated carbocycles. The van der Waals surface area contributed by atoms with Crippen molar-refractivity contribution in [3.05, 3.63) is 24.5 Å². The Labute approximate surface area is 123 Å². The Morgan fingerprint density at radius 2 is 2.19 bits per heavy atom. The zero-order valence-electron chi connectivity index (χ0n) is 11.7. The fourth-order valence-electron chi connectivity index (χ4n) is 3.46. The maximum absolute atomic E-state index is 12.9. The average Bonchev–Trinajstić information content (AvgIpc) is 3.13. The van der Waals surface area contributed by atoms with E-state index in [0.717, 1.165) is 19.5 Å². The molecule has 2 aromatic rings. The van der Waals surface area contributed by atoms with Crippen LogP contribution in [-0.2, 0) is 10.0 Å². The molecule has 0 aromatic carbocycles. The first-order valence-electron chi connectivity index (χ1n) is 7.32. The van der Waals surface area contributed by atoms with Crippen molar-refractivity contribution >= 4 is 21.1 Å². The summed E-state index contributed by atoms with van der Waals surface area (Å²) < 4.78 is 27.5. The molecule has 0 bridgehead atoms. The monoisotopic (exact) mass is 306 g/mol. The first-order chi connectivity index (χ1) is 10.2. The highest BCUT2D eigenvalue weighted by Gasteiger charge is 2.37. The molecule has 112 valence electrons. The molecule has 1 unspecified atom stereocenters. The van der Waals surface area contributed by atoms with Crippen LogP contribution in [0.15, 0.2) is 29.4 Å². The molecule has 6 nitrogen and oxygen atoms in total. The van der Waals surface area contributed by atoms with Gasteiger partial charge in [0, 0.05) is 43.5 Å². The van der Waals surface area contributed by atoms with Gasteiger partial charge in [-0.25, -0.2) is 13.4 Å². The fraction of sp³-hybridized carbons (Fsp3) is 0.500. The van der Waals surface area contributed by atoms with Gasteiger partial charge in [0.1, 0.15) is 10.5 Å². The van der Waals surface area contributed by atoms with Gasteiger partial charge >= 0.3 is 0 Å². The standard InChI is InChI=1S/C14H18N4O2S/c19-21(20,13-9-16-14-12(13)4-1-5-15-14)18-8-7-17-6-2-3-11(17)10-18/h1,4-5,9,11H,2-3,6-8,10H2,(H,15,16). The Morgan fingerprint density at radius 1 is 1.29 bits per heavy atom. The molecule has 1 atom stereocenters. The van der Waals surface area contributed by atoms with Gasteiger partial charge in [-0.2, -0.15) is 4.31 Å². The van der Waals surface area contributed by atoms with Crippen LogP contribution in [0.1, 0.15) is 12.8 Å². The summed E-state index contributed by atoms with van der Waals surface area (Å²) in [7, 11) is -3.45. The molecule has 2 aliphatic heterocycles. The van der Waals surface area contributed by atoms with Crippen molar-refractivity contribution in [2.45, 2.75) is 23.8 Å². The summed E-state index contributed by atoms with van der Waals surface area (Å²) in [4.78, 5) is 9.87. The van der Waals surface area contributed by atoms with E-state index in [1.165, 1.54) is 6.42 Å². The highest BCUT2D eigenvalue weighted by Crippen LogP contribution is 2.28. The second-order valence-electron chi connectivity index (χ2n) is 5.75. The van der Waals surface area contributed by atoms with Gasteiger partial charge in [0.05, 0.1) is 0 Å². The maximum Gasteiger partial charge on any atom is 0.245 e. The van der Waals surface area contributed by atoms with Crippen molar-refractivity contribution in [2.75, 3.05) is 26.2 Å². The van der Waals surface area contributed by atoms with Gasteiger partial charge in [-0.15, -0.1) is 0 Å². The van der Waals surface area contributed by atoms with Crippen LogP contribution in [0.3, 0.4) is 0 Å². The van der Waals surface area contributed by atoms with E-state index >= 15 is 0 Å². The van der Waals surface area contributed by atoms with Crippen LogP contribution >= 0.6 is 0 Å². The molecule has 0 amide bonds. The number of rotatable bonds is 2. The van der Waals surface area contributed by atoms with Crippen LogP contribution in [0.25, 0.3) is 11.0 Å². The summed E-state index contributed by atoms with van der Waals surface area (Å²) >= 11 is 0. The number of H-pyrrole nitrogens is 1. The van der Waals surface area contributed by atoms with Crippen molar-refractivity contribution < 1.29 is 8.42 Å². The van der Waals surface area contributed by atoms with Gasteiger partial charge < -0.3 is 4.98 Å². The summed E-state index contributed by atoms with van der Waals surface area (Å²) in [6.45, 7) is 3.13. The highest BCUT2D eigenvalue weighted by atomic mass is 32.2. The topological polar surface area (TPSA) is 69.3 Å². The van der Waals surface area contributed by atoms with E-state index in [4.69, 9.17) is 0 Å². The Balaban J connectivity index is 1.70. The maximum atomic E-state index is 12.9. The van der Waals surface area contributed by atoms with Crippen LogP contribution in [0, 0.1) is 0 Å². The van der Waals surface area contributed by atoms with E-state index in [-0.39, 0.29) is 0 Å². The van der Waals surface area contributed by atoms with Crippen molar-refractivity contribution in [1.82, 2.24) is 19.2 Å². The Hall–Kier alpha value is -1.44. The van der Waals surface area contributed by atoms with E-state index < -0.39 is 10.0 Å². The Bertz CT molecular complexity index is 770. The third kappa shape index (κ3) is 2.07. The molecule has 2 fully saturated rings. The molecule has 4 rings (SSSR count). The van der Waals surface area contributed by atoms with Gasteiger partial charge in [0.25, 0.3) is 0 Å². The summed E-state index contributed by atoms with van der Waals surface area (Å²) in [6, 6.07) is 3.96. The molecule has 2 saturated heterocycles. The summed E-state index contributed by atoms with van der Waals surface area (Å²) in [5.41, 5.74) is 0.621. The SMILES string of the molecule is O=S(=O)(c1c[nH]c2ncccc12)N1CCN2CCCC2C1.